The minimum atomic E-state index is -1.09. The van der Waals surface area contributed by atoms with Crippen LogP contribution in [0, 0.1) is 11.7 Å². The van der Waals surface area contributed by atoms with Gasteiger partial charge in [-0.05, 0) is 66.6 Å². The second kappa shape index (κ2) is 11.4. The maximum absolute atomic E-state index is 15.0. The van der Waals surface area contributed by atoms with Crippen molar-refractivity contribution in [3.05, 3.63) is 119 Å². The Bertz CT molecular complexity index is 1880. The second-order valence-corrected chi connectivity index (χ2v) is 9.94. The Hall–Kier alpha value is -5.47. The topological polar surface area (TPSA) is 96.6 Å². The van der Waals surface area contributed by atoms with E-state index in [0.717, 1.165) is 11.3 Å². The number of pyridine rings is 1. The van der Waals surface area contributed by atoms with Gasteiger partial charge in [0.2, 0.25) is 17.6 Å². The number of anilines is 2. The molecular weight excluding hydrogens is 554 g/mol. The normalized spacial score (nSPS) is 16.2. The number of aromatic nitrogens is 2. The van der Waals surface area contributed by atoms with Crippen LogP contribution >= 0.6 is 0 Å². The first kappa shape index (κ1) is 27.7. The van der Waals surface area contributed by atoms with Crippen LogP contribution in [0.1, 0.15) is 18.2 Å². The highest BCUT2D eigenvalue weighted by Crippen LogP contribution is 2.39. The minimum absolute atomic E-state index is 0.122. The van der Waals surface area contributed by atoms with Crippen LogP contribution in [0.15, 0.2) is 102 Å². The molecule has 43 heavy (non-hydrogen) atoms. The van der Waals surface area contributed by atoms with E-state index < -0.39 is 29.4 Å². The molecule has 0 saturated heterocycles. The summed E-state index contributed by atoms with van der Waals surface area (Å²) in [7, 11) is 1.55. The number of hydrogen-bond acceptors (Lipinski definition) is 5. The number of carbonyl (C=O) groups excluding carboxylic acids is 2. The van der Waals surface area contributed by atoms with Gasteiger partial charge in [-0.15, -0.1) is 0 Å². The molecule has 2 amide bonds. The molecule has 216 valence electrons. The molecule has 0 bridgehead atoms. The van der Waals surface area contributed by atoms with Gasteiger partial charge in [0.15, 0.2) is 5.76 Å². The summed E-state index contributed by atoms with van der Waals surface area (Å²) in [6, 6.07) is 12.4. The lowest BCUT2D eigenvalue weighted by Gasteiger charge is -2.32. The number of aromatic amines is 1. The van der Waals surface area contributed by atoms with Crippen molar-refractivity contribution in [3.8, 4) is 11.5 Å². The Balaban J connectivity index is 1.25. The van der Waals surface area contributed by atoms with Gasteiger partial charge < -0.3 is 19.8 Å². The molecular formula is C33H26F2N4O4. The third-order valence-electron chi connectivity index (χ3n) is 7.33. The Morgan fingerprint density at radius 2 is 1.98 bits per heavy atom. The van der Waals surface area contributed by atoms with E-state index in [2.05, 4.69) is 21.0 Å². The number of methoxy groups -OCH3 is 1. The number of H-pyrrole nitrogens is 1. The zero-order valence-corrected chi connectivity index (χ0v) is 23.3. The molecule has 2 aromatic heterocycles. The summed E-state index contributed by atoms with van der Waals surface area (Å²) < 4.78 is 39.8. The van der Waals surface area contributed by atoms with Gasteiger partial charge in [0.25, 0.3) is 0 Å². The first-order chi connectivity index (χ1) is 20.9. The molecule has 1 aliphatic heterocycles. The fourth-order valence-electron chi connectivity index (χ4n) is 5.14. The van der Waals surface area contributed by atoms with Crippen molar-refractivity contribution in [2.24, 2.45) is 5.92 Å². The van der Waals surface area contributed by atoms with E-state index in [0.29, 0.717) is 40.2 Å². The third kappa shape index (κ3) is 5.31. The predicted octanol–water partition coefficient (Wildman–Crippen LogP) is 6.10. The van der Waals surface area contributed by atoms with E-state index >= 15 is 4.39 Å². The van der Waals surface area contributed by atoms with Crippen LogP contribution in [0.2, 0.25) is 0 Å². The number of benzene rings is 2. The van der Waals surface area contributed by atoms with Gasteiger partial charge in [0.05, 0.1) is 18.3 Å². The summed E-state index contributed by atoms with van der Waals surface area (Å²) in [5.74, 6) is -2.46. The van der Waals surface area contributed by atoms with Crippen molar-refractivity contribution in [2.45, 2.75) is 19.8 Å². The van der Waals surface area contributed by atoms with Crippen LogP contribution < -0.4 is 19.7 Å². The Morgan fingerprint density at radius 1 is 1.16 bits per heavy atom. The predicted molar refractivity (Wildman–Crippen MR) is 157 cm³/mol. The lowest BCUT2D eigenvalue weighted by atomic mass is 9.93. The highest BCUT2D eigenvalue weighted by Gasteiger charge is 2.40. The van der Waals surface area contributed by atoms with Gasteiger partial charge >= 0.3 is 0 Å². The van der Waals surface area contributed by atoms with Crippen LogP contribution in [0.4, 0.5) is 20.2 Å². The van der Waals surface area contributed by atoms with Crippen molar-refractivity contribution in [1.29, 1.82) is 0 Å². The van der Waals surface area contributed by atoms with Crippen LogP contribution in [0.3, 0.4) is 0 Å². The smallest absolute Gasteiger partial charge is 0.244 e. The summed E-state index contributed by atoms with van der Waals surface area (Å²) in [4.78, 5) is 36.2. The van der Waals surface area contributed by atoms with Gasteiger partial charge in [-0.2, -0.15) is 4.39 Å². The molecule has 3 heterocycles. The minimum Gasteiger partial charge on any atom is -0.497 e. The lowest BCUT2D eigenvalue weighted by molar-refractivity contribution is -0.133. The zero-order chi connectivity index (χ0) is 30.1. The van der Waals surface area contributed by atoms with Crippen molar-refractivity contribution < 1.29 is 27.8 Å². The van der Waals surface area contributed by atoms with Crippen LogP contribution in [-0.4, -0.2) is 28.9 Å². The average molecular weight is 581 g/mol. The summed E-state index contributed by atoms with van der Waals surface area (Å²) in [5.41, 5.74) is 6.06. The molecule has 1 unspecified atom stereocenters. The van der Waals surface area contributed by atoms with E-state index in [1.165, 1.54) is 47.4 Å². The van der Waals surface area contributed by atoms with Gasteiger partial charge in [-0.25, -0.2) is 4.39 Å². The van der Waals surface area contributed by atoms with Crippen LogP contribution in [0.5, 0.6) is 11.5 Å². The van der Waals surface area contributed by atoms with E-state index in [9.17, 15) is 14.0 Å². The van der Waals surface area contributed by atoms with Crippen LogP contribution in [0.25, 0.3) is 10.9 Å². The summed E-state index contributed by atoms with van der Waals surface area (Å²) in [6.07, 6.45) is 8.28. The number of aryl methyl sites for hydroxylation is 1. The monoisotopic (exact) mass is 580 g/mol. The van der Waals surface area contributed by atoms with Gasteiger partial charge in [-0.1, -0.05) is 12.7 Å². The zero-order valence-electron chi connectivity index (χ0n) is 23.3. The lowest BCUT2D eigenvalue weighted by Crippen LogP contribution is -2.46. The maximum atomic E-state index is 15.0. The third-order valence-corrected chi connectivity index (χ3v) is 7.33. The standard InChI is InChI=1S/C33H26F2N4O4/c1-3-19-18-37-28-17-25(33(41)39(31(19)28)22-8-4-20(34)5-9-22)32(40)38-21-6-12-26(35)30(13-7-21)43-29-14-15-36-27-16-23(42-2)10-11-24(27)29/h4-11,13-16,18,25,37H,3,17H2,1-2H3,(H,38,40). The number of hydrogen-bond donors (Lipinski definition) is 2. The SMILES string of the molecule is CCc1c[nH]c2c1N(c1ccc(F)cc1)C(=O)C(C(=O)NC1=CC=C(Oc3ccnc4cc(OC)ccc34)C(F)=C=C1)C2. The molecule has 8 nitrogen and oxygen atoms in total. The molecule has 2 aromatic carbocycles. The quantitative estimate of drug-likeness (QED) is 0.204. The largest absolute Gasteiger partial charge is 0.497 e. The number of nitrogens with one attached hydrogen (secondary N) is 2. The first-order valence-electron chi connectivity index (χ1n) is 13.6. The molecule has 0 spiro atoms. The molecule has 0 fully saturated rings. The first-order valence-corrected chi connectivity index (χ1v) is 13.6. The molecule has 6 rings (SSSR count). The summed E-state index contributed by atoms with van der Waals surface area (Å²) in [5, 5.41) is 3.37. The summed E-state index contributed by atoms with van der Waals surface area (Å²) in [6.45, 7) is 1.97. The number of nitrogens with zero attached hydrogens (tertiary/aromatic N) is 2. The van der Waals surface area contributed by atoms with Crippen molar-refractivity contribution >= 4 is 34.1 Å². The Morgan fingerprint density at radius 3 is 2.74 bits per heavy atom. The fraction of sp³-hybridized carbons (Fsp3) is 0.152. The van der Waals surface area contributed by atoms with Crippen molar-refractivity contribution in [1.82, 2.24) is 15.3 Å². The molecule has 2 aliphatic rings. The van der Waals surface area contributed by atoms with Crippen LogP contribution in [-0.2, 0) is 22.4 Å². The van der Waals surface area contributed by atoms with Crippen molar-refractivity contribution in [3.63, 3.8) is 0 Å². The molecule has 1 aliphatic carbocycles. The Labute approximate surface area is 245 Å². The molecule has 10 heteroatoms. The number of amides is 2. The second-order valence-electron chi connectivity index (χ2n) is 9.94. The highest BCUT2D eigenvalue weighted by molar-refractivity contribution is 6.14. The summed E-state index contributed by atoms with van der Waals surface area (Å²) >= 11 is 0. The number of rotatable bonds is 7. The van der Waals surface area contributed by atoms with Gasteiger partial charge in [-0.3, -0.25) is 19.5 Å². The molecule has 0 radical (unpaired) electrons. The maximum Gasteiger partial charge on any atom is 0.244 e. The number of fused-ring (bicyclic) bond motifs is 2. The van der Waals surface area contributed by atoms with E-state index in [1.807, 2.05) is 13.1 Å². The molecule has 0 saturated carbocycles. The Kier molecular flexibility index (Phi) is 7.36. The van der Waals surface area contributed by atoms with E-state index in [1.54, 1.807) is 37.6 Å². The van der Waals surface area contributed by atoms with Crippen molar-refractivity contribution in [2.75, 3.05) is 12.0 Å². The van der Waals surface area contributed by atoms with Gasteiger partial charge in [0.1, 0.15) is 23.2 Å². The number of ether oxygens (including phenoxy) is 2. The highest BCUT2D eigenvalue weighted by atomic mass is 19.1. The average Bonchev–Trinajstić information content (AvgIpc) is 3.35. The number of halogens is 2. The fourth-order valence-corrected chi connectivity index (χ4v) is 5.14. The number of carbonyl (C=O) groups is 2. The van der Waals surface area contributed by atoms with E-state index in [4.69, 9.17) is 9.47 Å². The van der Waals surface area contributed by atoms with Gasteiger partial charge in [0, 0.05) is 53.4 Å². The van der Waals surface area contributed by atoms with E-state index in [-0.39, 0.29) is 17.9 Å². The molecule has 4 aromatic rings. The molecule has 1 atom stereocenters. The molecule has 2 N–H and O–H groups in total. The number of allylic oxidation sites excluding steroid dienone is 4.